The van der Waals surface area contributed by atoms with Crippen molar-refractivity contribution in [3.63, 3.8) is 0 Å². The van der Waals surface area contributed by atoms with Gasteiger partial charge in [-0.1, -0.05) is 60.7 Å². The number of benzene rings is 3. The van der Waals surface area contributed by atoms with Gasteiger partial charge in [-0.3, -0.25) is 4.79 Å². The van der Waals surface area contributed by atoms with Crippen molar-refractivity contribution >= 4 is 16.7 Å². The van der Waals surface area contributed by atoms with Gasteiger partial charge in [-0.25, -0.2) is 0 Å². The van der Waals surface area contributed by atoms with Crippen LogP contribution in [0, 0.1) is 0 Å². The standard InChI is InChI=1S/C22H21NO2/c24-21(20-11-5-9-17-7-3-4-10-19(17)20)23-15-22(25)13-12-16-6-1-2-8-18(16)14-22/h1-11,25H,12-15H2,(H,23,24)/t22-/m1/s1. The van der Waals surface area contributed by atoms with Crippen molar-refractivity contribution in [1.29, 1.82) is 0 Å². The number of hydrogen-bond donors (Lipinski definition) is 2. The molecule has 3 nitrogen and oxygen atoms in total. The molecule has 0 heterocycles. The second-order valence-electron chi connectivity index (χ2n) is 6.88. The van der Waals surface area contributed by atoms with Crippen molar-refractivity contribution in [2.45, 2.75) is 24.9 Å². The van der Waals surface area contributed by atoms with Crippen LogP contribution in [0.3, 0.4) is 0 Å². The van der Waals surface area contributed by atoms with E-state index in [1.165, 1.54) is 11.1 Å². The van der Waals surface area contributed by atoms with Crippen LogP contribution in [0.15, 0.2) is 66.7 Å². The molecular formula is C22H21NO2. The first-order valence-corrected chi connectivity index (χ1v) is 8.70. The maximum atomic E-state index is 12.7. The fourth-order valence-corrected chi connectivity index (χ4v) is 3.70. The predicted octanol–water partition coefficient (Wildman–Crippen LogP) is 3.49. The lowest BCUT2D eigenvalue weighted by molar-refractivity contribution is 0.0260. The first-order chi connectivity index (χ1) is 12.1. The molecule has 126 valence electrons. The predicted molar refractivity (Wildman–Crippen MR) is 99.7 cm³/mol. The molecule has 1 aliphatic rings. The van der Waals surface area contributed by atoms with Gasteiger partial charge in [-0.15, -0.1) is 0 Å². The van der Waals surface area contributed by atoms with E-state index in [0.717, 1.165) is 17.2 Å². The number of hydrogen-bond acceptors (Lipinski definition) is 2. The van der Waals surface area contributed by atoms with Crippen molar-refractivity contribution in [3.05, 3.63) is 83.4 Å². The van der Waals surface area contributed by atoms with Gasteiger partial charge in [0, 0.05) is 18.5 Å². The molecular weight excluding hydrogens is 310 g/mol. The molecule has 25 heavy (non-hydrogen) atoms. The van der Waals surface area contributed by atoms with Crippen LogP contribution in [-0.2, 0) is 12.8 Å². The van der Waals surface area contributed by atoms with Crippen LogP contribution < -0.4 is 5.32 Å². The molecule has 0 saturated heterocycles. The van der Waals surface area contributed by atoms with E-state index in [4.69, 9.17) is 0 Å². The molecule has 4 rings (SSSR count). The summed E-state index contributed by atoms with van der Waals surface area (Å²) in [6.45, 7) is 0.267. The van der Waals surface area contributed by atoms with Gasteiger partial charge in [0.25, 0.3) is 5.91 Å². The highest BCUT2D eigenvalue weighted by molar-refractivity contribution is 6.07. The third-order valence-electron chi connectivity index (χ3n) is 5.11. The van der Waals surface area contributed by atoms with Crippen LogP contribution in [0.5, 0.6) is 0 Å². The molecule has 3 heteroatoms. The SMILES string of the molecule is O=C(NC[C@@]1(O)CCc2ccccc2C1)c1cccc2ccccc12. The first-order valence-electron chi connectivity index (χ1n) is 8.70. The van der Waals surface area contributed by atoms with Gasteiger partial charge >= 0.3 is 0 Å². The topological polar surface area (TPSA) is 49.3 Å². The second kappa shape index (κ2) is 6.34. The first kappa shape index (κ1) is 15.9. The smallest absolute Gasteiger partial charge is 0.252 e. The Kier molecular flexibility index (Phi) is 4.02. The molecule has 0 saturated carbocycles. The number of aryl methyl sites for hydroxylation is 1. The summed E-state index contributed by atoms with van der Waals surface area (Å²) in [6.07, 6.45) is 2.09. The molecule has 0 radical (unpaired) electrons. The van der Waals surface area contributed by atoms with Crippen LogP contribution in [-0.4, -0.2) is 23.2 Å². The van der Waals surface area contributed by atoms with Gasteiger partial charge in [0.1, 0.15) is 0 Å². The van der Waals surface area contributed by atoms with Crippen molar-refractivity contribution in [2.24, 2.45) is 0 Å². The Bertz CT molecular complexity index is 929. The number of carbonyl (C=O) groups is 1. The zero-order valence-corrected chi connectivity index (χ0v) is 14.0. The van der Waals surface area contributed by atoms with Crippen LogP contribution in [0.2, 0.25) is 0 Å². The number of carbonyl (C=O) groups excluding carboxylic acids is 1. The lowest BCUT2D eigenvalue weighted by atomic mass is 9.80. The molecule has 1 amide bonds. The monoisotopic (exact) mass is 331 g/mol. The Morgan fingerprint density at radius 2 is 1.68 bits per heavy atom. The van der Waals surface area contributed by atoms with E-state index in [0.29, 0.717) is 18.4 Å². The zero-order chi connectivity index (χ0) is 17.3. The maximum absolute atomic E-state index is 12.7. The largest absolute Gasteiger partial charge is 0.388 e. The molecule has 0 spiro atoms. The Labute approximate surface area is 147 Å². The summed E-state index contributed by atoms with van der Waals surface area (Å²) in [4.78, 5) is 12.7. The second-order valence-corrected chi connectivity index (χ2v) is 6.88. The Balaban J connectivity index is 1.50. The summed E-state index contributed by atoms with van der Waals surface area (Å²) in [7, 11) is 0. The fourth-order valence-electron chi connectivity index (χ4n) is 3.70. The minimum atomic E-state index is -0.880. The summed E-state index contributed by atoms with van der Waals surface area (Å²) in [5.41, 5.74) is 2.25. The average Bonchev–Trinajstić information content (AvgIpc) is 2.65. The van der Waals surface area contributed by atoms with E-state index in [-0.39, 0.29) is 12.5 Å². The van der Waals surface area contributed by atoms with Crippen molar-refractivity contribution in [3.8, 4) is 0 Å². The van der Waals surface area contributed by atoms with E-state index in [9.17, 15) is 9.90 Å². The van der Waals surface area contributed by atoms with Crippen molar-refractivity contribution in [1.82, 2.24) is 5.32 Å². The minimum absolute atomic E-state index is 0.135. The Morgan fingerprint density at radius 1 is 0.960 bits per heavy atom. The van der Waals surface area contributed by atoms with Gasteiger partial charge in [0.15, 0.2) is 0 Å². The summed E-state index contributed by atoms with van der Waals surface area (Å²) in [5, 5.41) is 15.8. The number of rotatable bonds is 3. The van der Waals surface area contributed by atoms with Gasteiger partial charge in [0.05, 0.1) is 5.60 Å². The molecule has 0 unspecified atom stereocenters. The lowest BCUT2D eigenvalue weighted by Gasteiger charge is -2.33. The fraction of sp³-hybridized carbons (Fsp3) is 0.227. The van der Waals surface area contributed by atoms with Gasteiger partial charge in [0.2, 0.25) is 0 Å². The van der Waals surface area contributed by atoms with E-state index in [1.807, 2.05) is 54.6 Å². The Hall–Kier alpha value is -2.65. The van der Waals surface area contributed by atoms with Crippen molar-refractivity contribution in [2.75, 3.05) is 6.54 Å². The average molecular weight is 331 g/mol. The molecule has 2 N–H and O–H groups in total. The van der Waals surface area contributed by atoms with Crippen LogP contribution in [0.4, 0.5) is 0 Å². The minimum Gasteiger partial charge on any atom is -0.388 e. The molecule has 3 aromatic carbocycles. The summed E-state index contributed by atoms with van der Waals surface area (Å²) < 4.78 is 0. The number of aliphatic hydroxyl groups is 1. The molecule has 0 aliphatic heterocycles. The Morgan fingerprint density at radius 3 is 2.56 bits per heavy atom. The van der Waals surface area contributed by atoms with Crippen LogP contribution in [0.1, 0.15) is 27.9 Å². The van der Waals surface area contributed by atoms with Crippen LogP contribution >= 0.6 is 0 Å². The highest BCUT2D eigenvalue weighted by atomic mass is 16.3. The third kappa shape index (κ3) is 3.15. The third-order valence-corrected chi connectivity index (χ3v) is 5.11. The normalized spacial score (nSPS) is 19.4. The molecule has 3 aromatic rings. The van der Waals surface area contributed by atoms with E-state index in [2.05, 4.69) is 17.4 Å². The van der Waals surface area contributed by atoms with Gasteiger partial charge in [-0.05, 0) is 40.8 Å². The molecule has 0 fully saturated rings. The van der Waals surface area contributed by atoms with E-state index < -0.39 is 5.60 Å². The summed E-state index contributed by atoms with van der Waals surface area (Å²) in [5.74, 6) is -0.135. The molecule has 1 atom stereocenters. The lowest BCUT2D eigenvalue weighted by Crippen LogP contribution is -2.46. The van der Waals surface area contributed by atoms with Crippen LogP contribution in [0.25, 0.3) is 10.8 Å². The highest BCUT2D eigenvalue weighted by Gasteiger charge is 2.32. The number of nitrogens with one attached hydrogen (secondary N) is 1. The zero-order valence-electron chi connectivity index (χ0n) is 14.0. The summed E-state index contributed by atoms with van der Waals surface area (Å²) in [6, 6.07) is 21.8. The summed E-state index contributed by atoms with van der Waals surface area (Å²) >= 11 is 0. The molecule has 0 bridgehead atoms. The quantitative estimate of drug-likeness (QED) is 0.772. The van der Waals surface area contributed by atoms with Crippen molar-refractivity contribution < 1.29 is 9.90 Å². The highest BCUT2D eigenvalue weighted by Crippen LogP contribution is 2.28. The maximum Gasteiger partial charge on any atom is 0.252 e. The van der Waals surface area contributed by atoms with E-state index >= 15 is 0 Å². The molecule has 1 aliphatic carbocycles. The number of fused-ring (bicyclic) bond motifs is 2. The molecule has 0 aromatic heterocycles. The van der Waals surface area contributed by atoms with Gasteiger partial charge in [-0.2, -0.15) is 0 Å². The number of amides is 1. The van der Waals surface area contributed by atoms with Gasteiger partial charge < -0.3 is 10.4 Å². The van der Waals surface area contributed by atoms with E-state index in [1.54, 1.807) is 0 Å².